The average Bonchev–Trinajstić information content (AvgIpc) is 3.26. The fourth-order valence-corrected chi connectivity index (χ4v) is 4.96. The Balaban J connectivity index is 1.53. The van der Waals surface area contributed by atoms with E-state index in [2.05, 4.69) is 58.1 Å². The number of nitrogens with two attached hydrogens (primary N) is 1. The molecule has 0 bridgehead atoms. The van der Waals surface area contributed by atoms with Crippen LogP contribution in [0.5, 0.6) is 0 Å². The normalized spacial score (nSPS) is 19.6. The minimum Gasteiger partial charge on any atom is -0.341 e. The number of aliphatic imine (C=N–C) groups is 1. The molecule has 1 unspecified atom stereocenters. The minimum atomic E-state index is -1.25. The van der Waals surface area contributed by atoms with E-state index >= 15 is 0 Å². The Kier molecular flexibility index (Phi) is 6.59. The highest BCUT2D eigenvalue weighted by Gasteiger charge is 2.32. The number of anilines is 1. The quantitative estimate of drug-likeness (QED) is 0.386. The molecule has 35 heavy (non-hydrogen) atoms. The smallest absolute Gasteiger partial charge is 0.210 e. The first kappa shape index (κ1) is 23.9. The lowest BCUT2D eigenvalue weighted by molar-refractivity contribution is 0.400. The Morgan fingerprint density at radius 3 is 2.71 bits per heavy atom. The lowest BCUT2D eigenvalue weighted by Crippen LogP contribution is -2.51. The van der Waals surface area contributed by atoms with Crippen molar-refractivity contribution >= 4 is 40.7 Å². The van der Waals surface area contributed by atoms with Crippen molar-refractivity contribution < 1.29 is 0 Å². The molecule has 2 aromatic carbocycles. The molecule has 0 radical (unpaired) electrons. The number of halogens is 2. The maximum absolute atomic E-state index is 6.75. The van der Waals surface area contributed by atoms with Crippen molar-refractivity contribution in [2.45, 2.75) is 39.1 Å². The molecule has 2 aliphatic heterocycles. The Bertz CT molecular complexity index is 1290. The van der Waals surface area contributed by atoms with Crippen molar-refractivity contribution in [2.75, 3.05) is 11.9 Å². The predicted molar refractivity (Wildman–Crippen MR) is 143 cm³/mol. The van der Waals surface area contributed by atoms with Gasteiger partial charge in [-0.3, -0.25) is 10.4 Å². The van der Waals surface area contributed by atoms with E-state index in [4.69, 9.17) is 28.9 Å². The molecule has 0 saturated carbocycles. The number of benzene rings is 2. The van der Waals surface area contributed by atoms with Gasteiger partial charge in [0, 0.05) is 57.9 Å². The topological polar surface area (TPSA) is 92.3 Å². The van der Waals surface area contributed by atoms with Gasteiger partial charge >= 0.3 is 0 Å². The van der Waals surface area contributed by atoms with Crippen molar-refractivity contribution in [3.05, 3.63) is 86.9 Å². The lowest BCUT2D eigenvalue weighted by atomic mass is 10.00. The first-order valence-corrected chi connectivity index (χ1v) is 12.5. The van der Waals surface area contributed by atoms with Gasteiger partial charge in [0.25, 0.3) is 0 Å². The van der Waals surface area contributed by atoms with Crippen LogP contribution in [0, 0.1) is 5.92 Å². The molecule has 2 aliphatic rings. The first-order valence-electron chi connectivity index (χ1n) is 11.7. The van der Waals surface area contributed by atoms with Gasteiger partial charge in [-0.1, -0.05) is 43.1 Å². The molecule has 9 heteroatoms. The van der Waals surface area contributed by atoms with Gasteiger partial charge < -0.3 is 16.0 Å². The summed E-state index contributed by atoms with van der Waals surface area (Å²) in [6.07, 6.45) is 6.69. The molecule has 5 rings (SSSR count). The number of allylic oxidation sites excluding steroid dienone is 1. The number of hydrogen-bond acceptors (Lipinski definition) is 6. The van der Waals surface area contributed by atoms with Gasteiger partial charge in [-0.05, 0) is 60.3 Å². The molecule has 1 aromatic heterocycles. The van der Waals surface area contributed by atoms with Crippen LogP contribution in [0.4, 0.5) is 5.69 Å². The molecule has 1 atom stereocenters. The van der Waals surface area contributed by atoms with Crippen LogP contribution in [0.15, 0.2) is 59.6 Å². The summed E-state index contributed by atoms with van der Waals surface area (Å²) in [5, 5.41) is 15.9. The molecular formula is C26H29Cl2N7. The fourth-order valence-electron chi connectivity index (χ4n) is 4.44. The molecule has 0 fully saturated rings. The summed E-state index contributed by atoms with van der Waals surface area (Å²) in [6.45, 7) is 7.03. The summed E-state index contributed by atoms with van der Waals surface area (Å²) in [7, 11) is 0. The van der Waals surface area contributed by atoms with Gasteiger partial charge in [0.1, 0.15) is 5.82 Å². The summed E-state index contributed by atoms with van der Waals surface area (Å²) >= 11 is 12.5. The third-order valence-corrected chi connectivity index (χ3v) is 6.58. The number of fused-ring (bicyclic) bond motifs is 1. The first-order chi connectivity index (χ1) is 16.8. The van der Waals surface area contributed by atoms with Gasteiger partial charge in [-0.15, -0.1) is 0 Å². The van der Waals surface area contributed by atoms with Gasteiger partial charge in [0.2, 0.25) is 5.79 Å². The van der Waals surface area contributed by atoms with E-state index in [1.54, 1.807) is 24.4 Å². The Morgan fingerprint density at radius 2 is 1.94 bits per heavy atom. The maximum atomic E-state index is 6.75. The largest absolute Gasteiger partial charge is 0.341 e. The second kappa shape index (κ2) is 9.66. The van der Waals surface area contributed by atoms with E-state index in [0.29, 0.717) is 21.5 Å². The number of aromatic nitrogens is 2. The number of nitrogens with zero attached hydrogens (tertiary/aromatic N) is 3. The van der Waals surface area contributed by atoms with Gasteiger partial charge in [-0.25, -0.2) is 4.99 Å². The third kappa shape index (κ3) is 5.23. The third-order valence-electron chi connectivity index (χ3n) is 6.14. The van der Waals surface area contributed by atoms with Crippen molar-refractivity contribution in [3.8, 4) is 0 Å². The maximum Gasteiger partial charge on any atom is 0.210 e. The van der Waals surface area contributed by atoms with Crippen LogP contribution in [0.25, 0.3) is 5.57 Å². The van der Waals surface area contributed by atoms with E-state index in [9.17, 15) is 0 Å². The zero-order valence-electron chi connectivity index (χ0n) is 19.8. The highest BCUT2D eigenvalue weighted by atomic mass is 35.5. The molecule has 182 valence electrons. The summed E-state index contributed by atoms with van der Waals surface area (Å²) in [4.78, 5) is 4.68. The molecule has 3 heterocycles. The van der Waals surface area contributed by atoms with Crippen LogP contribution in [0.2, 0.25) is 10.0 Å². The van der Waals surface area contributed by atoms with Crippen LogP contribution < -0.4 is 21.7 Å². The predicted octanol–water partition coefficient (Wildman–Crippen LogP) is 4.72. The molecule has 5 N–H and O–H groups in total. The lowest BCUT2D eigenvalue weighted by Gasteiger charge is -2.34. The second-order valence-electron chi connectivity index (χ2n) is 9.48. The minimum absolute atomic E-state index is 0.487. The van der Waals surface area contributed by atoms with Crippen LogP contribution in [-0.4, -0.2) is 22.5 Å². The summed E-state index contributed by atoms with van der Waals surface area (Å²) in [6, 6.07) is 11.7. The Hall–Kier alpha value is -2.84. The fraction of sp³-hybridized carbons (Fsp3) is 0.308. The van der Waals surface area contributed by atoms with Crippen molar-refractivity contribution in [3.63, 3.8) is 0 Å². The zero-order valence-corrected chi connectivity index (χ0v) is 21.3. The number of rotatable bonds is 6. The van der Waals surface area contributed by atoms with Crippen molar-refractivity contribution in [1.29, 1.82) is 0 Å². The summed E-state index contributed by atoms with van der Waals surface area (Å²) < 4.78 is 1.95. The van der Waals surface area contributed by atoms with Crippen LogP contribution in [0.3, 0.4) is 0 Å². The van der Waals surface area contributed by atoms with Gasteiger partial charge in [-0.2, -0.15) is 5.10 Å². The highest BCUT2D eigenvalue weighted by Crippen LogP contribution is 2.31. The van der Waals surface area contributed by atoms with Gasteiger partial charge in [0.15, 0.2) is 0 Å². The zero-order chi connectivity index (χ0) is 24.6. The Labute approximate surface area is 215 Å². The highest BCUT2D eigenvalue weighted by molar-refractivity contribution is 6.34. The van der Waals surface area contributed by atoms with Crippen LogP contribution in [-0.2, 0) is 25.3 Å². The molecule has 0 saturated heterocycles. The molecular weight excluding hydrogens is 481 g/mol. The molecule has 0 aliphatic carbocycles. The molecule has 7 nitrogen and oxygen atoms in total. The van der Waals surface area contributed by atoms with Gasteiger partial charge in [0.05, 0.1) is 6.20 Å². The SMILES string of the molecule is CC(C)Cn1cc(C2=C(Nc3ccc4c(c3)CNCC4)NC(N)(c3cc(Cl)cc(Cl)c3)N=C2)cn1. The second-order valence-corrected chi connectivity index (χ2v) is 10.3. The van der Waals surface area contributed by atoms with E-state index < -0.39 is 5.79 Å². The van der Waals surface area contributed by atoms with E-state index in [0.717, 1.165) is 48.7 Å². The van der Waals surface area contributed by atoms with Crippen molar-refractivity contribution in [1.82, 2.24) is 20.4 Å². The average molecular weight is 510 g/mol. The van der Waals surface area contributed by atoms with Crippen LogP contribution in [0.1, 0.15) is 36.1 Å². The molecule has 0 spiro atoms. The van der Waals surface area contributed by atoms with E-state index in [1.807, 2.05) is 17.1 Å². The summed E-state index contributed by atoms with van der Waals surface area (Å²) in [5.74, 6) is -0.0309. The molecule has 3 aromatic rings. The number of hydrogen-bond donors (Lipinski definition) is 4. The van der Waals surface area contributed by atoms with Crippen LogP contribution >= 0.6 is 23.2 Å². The Morgan fingerprint density at radius 1 is 1.14 bits per heavy atom. The molecule has 0 amide bonds. The van der Waals surface area contributed by atoms with E-state index in [-0.39, 0.29) is 0 Å². The van der Waals surface area contributed by atoms with Crippen molar-refractivity contribution in [2.24, 2.45) is 16.6 Å². The van der Waals surface area contributed by atoms with E-state index in [1.165, 1.54) is 11.1 Å². The number of nitrogens with one attached hydrogen (secondary N) is 3. The standard InChI is InChI=1S/C26H29Cl2N7/c1-16(2)14-35-15-19(12-32-35)24-13-31-26(29,20-8-21(27)10-22(28)9-20)34-25(24)33-23-4-3-17-5-6-30-11-18(17)7-23/h3-4,7-10,12-13,15-16,30,33-34H,5-6,11,14,29H2,1-2H3. The summed E-state index contributed by atoms with van der Waals surface area (Å²) in [5.41, 5.74) is 12.8. The monoisotopic (exact) mass is 509 g/mol.